The Balaban J connectivity index is -0.000000165. The SMILES string of the molecule is O=C([O-])C(=O)OOOC(=O)C(=O)[O-].[NH4+].[NH4+].[O]=[Ti]([OH])[OH]. The molecule has 0 aromatic carbocycles. The average Bonchev–Trinajstić information content (AvgIpc) is 2.15. The number of hydrogen-bond donors (Lipinski definition) is 4. The van der Waals surface area contributed by atoms with Crippen molar-refractivity contribution in [1.82, 2.24) is 12.3 Å². The molecule has 0 rings (SSSR count). The van der Waals surface area contributed by atoms with Gasteiger partial charge in [0.15, 0.2) is 11.9 Å². The third kappa shape index (κ3) is 21.9. The Bertz CT molecular complexity index is 311. The molecular formula is C4H10N2O12Ti. The van der Waals surface area contributed by atoms with E-state index >= 15 is 0 Å². The predicted octanol–water partition coefficient (Wildman–Crippen LogP) is -5.06. The molecule has 112 valence electrons. The van der Waals surface area contributed by atoms with Gasteiger partial charge < -0.3 is 32.1 Å². The molecule has 0 saturated heterocycles. The molecule has 19 heavy (non-hydrogen) atoms. The summed E-state index contributed by atoms with van der Waals surface area (Å²) >= 11 is -3.58. The average molecular weight is 326 g/mol. The molecule has 0 aromatic rings. The summed E-state index contributed by atoms with van der Waals surface area (Å²) in [4.78, 5) is 45.4. The van der Waals surface area contributed by atoms with E-state index in [1.807, 2.05) is 0 Å². The molecule has 0 bridgehead atoms. The summed E-state index contributed by atoms with van der Waals surface area (Å²) < 4.78 is 23.2. The summed E-state index contributed by atoms with van der Waals surface area (Å²) in [5.74, 6) is -8.51. The van der Waals surface area contributed by atoms with E-state index in [-0.39, 0.29) is 12.3 Å². The number of carbonyl (C=O) groups is 4. The van der Waals surface area contributed by atoms with Gasteiger partial charge in [0.2, 0.25) is 0 Å². The van der Waals surface area contributed by atoms with Crippen LogP contribution in [0.2, 0.25) is 0 Å². The van der Waals surface area contributed by atoms with Crippen LogP contribution in [-0.2, 0) is 55.9 Å². The Labute approximate surface area is 110 Å². The van der Waals surface area contributed by atoms with Gasteiger partial charge in [-0.1, -0.05) is 0 Å². The van der Waals surface area contributed by atoms with E-state index in [4.69, 9.17) is 10.7 Å². The van der Waals surface area contributed by atoms with Crippen molar-refractivity contribution in [3.8, 4) is 0 Å². The number of carboxylic acids is 2. The van der Waals surface area contributed by atoms with Crippen LogP contribution in [0.5, 0.6) is 0 Å². The number of hydrogen-bond acceptors (Lipinski definition) is 10. The van der Waals surface area contributed by atoms with Gasteiger partial charge in [-0.05, 0) is 0 Å². The van der Waals surface area contributed by atoms with Crippen molar-refractivity contribution in [3.05, 3.63) is 0 Å². The molecule has 0 aliphatic rings. The van der Waals surface area contributed by atoms with Gasteiger partial charge >= 0.3 is 41.3 Å². The van der Waals surface area contributed by atoms with Crippen LogP contribution in [0.3, 0.4) is 0 Å². The van der Waals surface area contributed by atoms with Gasteiger partial charge in [0.1, 0.15) is 0 Å². The number of carboxylic acid groups (broad SMARTS) is 2. The van der Waals surface area contributed by atoms with E-state index in [9.17, 15) is 29.4 Å². The van der Waals surface area contributed by atoms with Gasteiger partial charge in [0.25, 0.3) is 0 Å². The van der Waals surface area contributed by atoms with Crippen molar-refractivity contribution in [2.24, 2.45) is 0 Å². The molecule has 0 atom stereocenters. The standard InChI is InChI=1S/C4H2O9.2H3N.2H2O.O.Ti/c5-1(6)3(9)11-13-12-4(10)2(7)8;;;;;;/h(H,5,6)(H,7,8);2*1H3;2*1H2;;/q;;;;;;+2/p-2. The molecule has 0 aliphatic carbocycles. The molecule has 0 radical (unpaired) electrons. The monoisotopic (exact) mass is 326 g/mol. The summed E-state index contributed by atoms with van der Waals surface area (Å²) in [5.41, 5.74) is 0. The van der Waals surface area contributed by atoms with Crippen molar-refractivity contribution in [3.63, 3.8) is 0 Å². The zero-order valence-electron chi connectivity index (χ0n) is 9.48. The van der Waals surface area contributed by atoms with Crippen molar-refractivity contribution >= 4 is 23.9 Å². The van der Waals surface area contributed by atoms with E-state index in [1.54, 1.807) is 0 Å². The van der Waals surface area contributed by atoms with Crippen LogP contribution < -0.4 is 22.5 Å². The minimum atomic E-state index is -3.58. The second kappa shape index (κ2) is 14.3. The molecule has 15 heteroatoms. The molecule has 0 amide bonds. The maximum atomic E-state index is 9.93. The molecular weight excluding hydrogens is 316 g/mol. The first kappa shape index (κ1) is 25.9. The Morgan fingerprint density at radius 1 is 0.842 bits per heavy atom. The molecule has 14 nitrogen and oxygen atoms in total. The van der Waals surface area contributed by atoms with E-state index in [1.165, 1.54) is 0 Å². The van der Waals surface area contributed by atoms with Crippen molar-refractivity contribution in [1.29, 1.82) is 0 Å². The molecule has 0 aliphatic heterocycles. The zero-order chi connectivity index (χ0) is 14.0. The molecule has 0 aromatic heterocycles. The van der Waals surface area contributed by atoms with E-state index in [0.717, 1.165) is 0 Å². The van der Waals surface area contributed by atoms with Crippen LogP contribution in [0, 0.1) is 0 Å². The number of aliphatic carboxylic acids is 2. The van der Waals surface area contributed by atoms with Crippen LogP contribution in [0.25, 0.3) is 0 Å². The van der Waals surface area contributed by atoms with E-state index in [0.29, 0.717) is 0 Å². The second-order valence-electron chi connectivity index (χ2n) is 1.67. The van der Waals surface area contributed by atoms with E-state index < -0.39 is 42.5 Å². The summed E-state index contributed by atoms with van der Waals surface area (Å²) in [5, 5.41) is 22.3. The second-order valence-corrected chi connectivity index (χ2v) is 2.55. The van der Waals surface area contributed by atoms with Gasteiger partial charge in [-0.2, -0.15) is 0 Å². The van der Waals surface area contributed by atoms with Gasteiger partial charge in [-0.3, -0.25) is 9.78 Å². The zero-order valence-corrected chi connectivity index (χ0v) is 11.0. The number of quaternary nitrogens is 2. The third-order valence-electron chi connectivity index (χ3n) is 0.553. The Kier molecular flexibility index (Phi) is 19.4. The van der Waals surface area contributed by atoms with Crippen molar-refractivity contribution < 1.29 is 73.5 Å². The molecule has 0 spiro atoms. The fraction of sp³-hybridized carbons (Fsp3) is 0. The Morgan fingerprint density at radius 2 is 1.05 bits per heavy atom. The quantitative estimate of drug-likeness (QED) is 0.160. The van der Waals surface area contributed by atoms with Crippen molar-refractivity contribution in [2.45, 2.75) is 0 Å². The first-order valence-electron chi connectivity index (χ1n) is 3.12. The van der Waals surface area contributed by atoms with Gasteiger partial charge in [0, 0.05) is 5.04 Å². The van der Waals surface area contributed by atoms with Crippen LogP contribution >= 0.6 is 0 Å². The summed E-state index contributed by atoms with van der Waals surface area (Å²) in [6, 6.07) is 0. The first-order valence-corrected chi connectivity index (χ1v) is 5.15. The number of rotatable bonds is 2. The van der Waals surface area contributed by atoms with Crippen molar-refractivity contribution in [2.75, 3.05) is 0 Å². The minimum absolute atomic E-state index is 0. The fourth-order valence-corrected chi connectivity index (χ4v) is 0.147. The molecule has 0 fully saturated rings. The summed E-state index contributed by atoms with van der Waals surface area (Å²) in [6.07, 6.45) is 0. The van der Waals surface area contributed by atoms with Crippen LogP contribution in [0.15, 0.2) is 0 Å². The third-order valence-corrected chi connectivity index (χ3v) is 0.553. The summed E-state index contributed by atoms with van der Waals surface area (Å²) in [6.45, 7) is 0. The molecule has 10 N–H and O–H groups in total. The van der Waals surface area contributed by atoms with Gasteiger partial charge in [-0.15, -0.1) is 0 Å². The van der Waals surface area contributed by atoms with Gasteiger partial charge in [-0.25, -0.2) is 9.59 Å². The first-order chi connectivity index (χ1) is 7.68. The molecule has 0 saturated carbocycles. The fourth-order valence-electron chi connectivity index (χ4n) is 0.147. The molecule has 0 unspecified atom stereocenters. The van der Waals surface area contributed by atoms with E-state index in [2.05, 4.69) is 14.8 Å². The Hall–Kier alpha value is -1.81. The van der Waals surface area contributed by atoms with Crippen LogP contribution in [0.1, 0.15) is 0 Å². The predicted molar refractivity (Wildman–Crippen MR) is 40.4 cm³/mol. The van der Waals surface area contributed by atoms with Crippen LogP contribution in [0.4, 0.5) is 0 Å². The maximum absolute atomic E-state index is 9.93. The summed E-state index contributed by atoms with van der Waals surface area (Å²) in [7, 11) is 0. The topological polar surface area (TPSA) is 273 Å². The molecule has 0 heterocycles. The van der Waals surface area contributed by atoms with Gasteiger partial charge in [0.05, 0.1) is 0 Å². The number of carbonyl (C=O) groups excluding carboxylic acids is 4. The normalized spacial score (nSPS) is 7.26. The Morgan fingerprint density at radius 3 is 1.21 bits per heavy atom. The van der Waals surface area contributed by atoms with Crippen LogP contribution in [-0.4, -0.2) is 31.3 Å².